The maximum absolute atomic E-state index is 12.9. The lowest BCUT2D eigenvalue weighted by Gasteiger charge is -2.35. The molecule has 0 saturated carbocycles. The van der Waals surface area contributed by atoms with Crippen LogP contribution in [0.3, 0.4) is 0 Å². The number of likely N-dealkylation sites (tertiary alicyclic amines) is 1. The van der Waals surface area contributed by atoms with Crippen molar-refractivity contribution in [3.05, 3.63) is 69.8 Å². The first kappa shape index (κ1) is 29.1. The number of piperidine rings is 2. The van der Waals surface area contributed by atoms with Crippen LogP contribution in [0, 0.1) is 0 Å². The van der Waals surface area contributed by atoms with E-state index in [1.807, 2.05) is 49.1 Å². The minimum absolute atomic E-state index is 0.00202. The summed E-state index contributed by atoms with van der Waals surface area (Å²) in [6, 6.07) is 13.8. The van der Waals surface area contributed by atoms with Crippen LogP contribution in [-0.4, -0.2) is 51.7 Å². The van der Waals surface area contributed by atoms with E-state index >= 15 is 0 Å². The Morgan fingerprint density at radius 1 is 1.09 bits per heavy atom. The van der Waals surface area contributed by atoms with E-state index < -0.39 is 5.41 Å². The summed E-state index contributed by atoms with van der Waals surface area (Å²) in [5.74, 6) is 1.53. The molecule has 224 valence electrons. The topological polar surface area (TPSA) is 128 Å². The lowest BCUT2D eigenvalue weighted by Crippen LogP contribution is -2.52. The van der Waals surface area contributed by atoms with Crippen molar-refractivity contribution < 1.29 is 14.4 Å². The summed E-state index contributed by atoms with van der Waals surface area (Å²) in [5, 5.41) is 12.5. The highest BCUT2D eigenvalue weighted by atomic mass is 79.9. The Morgan fingerprint density at radius 3 is 2.60 bits per heavy atom. The number of benzene rings is 2. The van der Waals surface area contributed by atoms with Crippen LogP contribution in [0.5, 0.6) is 0 Å². The molecule has 0 bridgehead atoms. The first-order valence-corrected chi connectivity index (χ1v) is 15.6. The van der Waals surface area contributed by atoms with Crippen LogP contribution in [0.4, 0.5) is 23.1 Å². The van der Waals surface area contributed by atoms with Gasteiger partial charge in [0.2, 0.25) is 23.7 Å². The summed E-state index contributed by atoms with van der Waals surface area (Å²) < 4.78 is 0.741. The van der Waals surface area contributed by atoms with Gasteiger partial charge < -0.3 is 26.2 Å². The number of amides is 3. The van der Waals surface area contributed by atoms with Gasteiger partial charge in [-0.1, -0.05) is 24.3 Å². The Morgan fingerprint density at radius 2 is 1.86 bits per heavy atom. The molecule has 0 radical (unpaired) electrons. The molecule has 0 spiro atoms. The highest BCUT2D eigenvalue weighted by Crippen LogP contribution is 2.40. The van der Waals surface area contributed by atoms with E-state index in [0.717, 1.165) is 52.7 Å². The summed E-state index contributed by atoms with van der Waals surface area (Å²) in [4.78, 5) is 48.1. The van der Waals surface area contributed by atoms with Crippen LogP contribution in [0.25, 0.3) is 0 Å². The van der Waals surface area contributed by atoms with Crippen LogP contribution >= 0.6 is 15.9 Å². The lowest BCUT2D eigenvalue weighted by molar-refractivity contribution is -0.138. The highest BCUT2D eigenvalue weighted by Gasteiger charge is 2.40. The van der Waals surface area contributed by atoms with Crippen molar-refractivity contribution in [1.29, 1.82) is 0 Å². The summed E-state index contributed by atoms with van der Waals surface area (Å²) in [5.41, 5.74) is 4.42. The third-order valence-electron chi connectivity index (χ3n) is 8.76. The normalized spacial score (nSPS) is 19.8. The van der Waals surface area contributed by atoms with Crippen LogP contribution in [-0.2, 0) is 26.3 Å². The lowest BCUT2D eigenvalue weighted by atomic mass is 9.83. The molecule has 2 aromatic carbocycles. The van der Waals surface area contributed by atoms with Gasteiger partial charge in [-0.25, -0.2) is 4.98 Å². The molecule has 3 aromatic rings. The van der Waals surface area contributed by atoms with Gasteiger partial charge in [-0.3, -0.25) is 14.4 Å². The predicted molar refractivity (Wildman–Crippen MR) is 169 cm³/mol. The summed E-state index contributed by atoms with van der Waals surface area (Å²) in [6.07, 6.45) is 5.53. The van der Waals surface area contributed by atoms with Crippen molar-refractivity contribution in [1.82, 2.24) is 20.2 Å². The molecule has 2 saturated heterocycles. The number of hydrogen-bond acceptors (Lipinski definition) is 7. The fourth-order valence-electron chi connectivity index (χ4n) is 6.32. The number of hydrogen-bond donors (Lipinski definition) is 4. The zero-order valence-electron chi connectivity index (χ0n) is 24.4. The van der Waals surface area contributed by atoms with Crippen molar-refractivity contribution >= 4 is 56.8 Å². The number of fused-ring (bicyclic) bond motifs is 1. The van der Waals surface area contributed by atoms with Gasteiger partial charge in [0.15, 0.2) is 0 Å². The average molecular weight is 647 g/mol. The standard InChI is InChI=1S/C32H36BrN7O3/c1-32(2)27-21(5-3-6-24(27)38-30(32)43)17-34-28-23(33)18-35-31(39-28)36-22-11-9-19(10-12-22)20-13-15-40(16-14-20)29(42)25-7-4-8-26(41)37-25/h3,5-6,9-12,18,20,25H,4,7-8,13-17H2,1-2H3,(H,37,41)(H,38,43)(H2,34,35,36,39). The summed E-state index contributed by atoms with van der Waals surface area (Å²) >= 11 is 3.55. The maximum atomic E-state index is 12.9. The molecular formula is C32H36BrN7O3. The van der Waals surface area contributed by atoms with Gasteiger partial charge in [0, 0.05) is 43.6 Å². The van der Waals surface area contributed by atoms with Gasteiger partial charge in [0.25, 0.3) is 0 Å². The third kappa shape index (κ3) is 6.08. The molecular weight excluding hydrogens is 610 g/mol. The van der Waals surface area contributed by atoms with Gasteiger partial charge in [-0.2, -0.15) is 4.98 Å². The molecule has 1 atom stereocenters. The highest BCUT2D eigenvalue weighted by molar-refractivity contribution is 9.10. The van der Waals surface area contributed by atoms with Crippen LogP contribution in [0.2, 0.25) is 0 Å². The second kappa shape index (κ2) is 11.9. The Balaban J connectivity index is 1.05. The number of nitrogens with one attached hydrogen (secondary N) is 4. The summed E-state index contributed by atoms with van der Waals surface area (Å²) in [6.45, 7) is 5.79. The molecule has 43 heavy (non-hydrogen) atoms. The van der Waals surface area contributed by atoms with E-state index in [4.69, 9.17) is 0 Å². The first-order valence-electron chi connectivity index (χ1n) is 14.8. The molecule has 0 aliphatic carbocycles. The van der Waals surface area contributed by atoms with E-state index in [-0.39, 0.29) is 23.8 Å². The molecule has 1 aromatic heterocycles. The van der Waals surface area contributed by atoms with E-state index in [1.165, 1.54) is 5.56 Å². The number of rotatable bonds is 7. The molecule has 11 heteroatoms. The van der Waals surface area contributed by atoms with Gasteiger partial charge >= 0.3 is 0 Å². The van der Waals surface area contributed by atoms with Crippen LogP contribution in [0.15, 0.2) is 53.1 Å². The monoisotopic (exact) mass is 645 g/mol. The zero-order valence-corrected chi connectivity index (χ0v) is 26.0. The molecule has 6 rings (SSSR count). The number of nitrogens with zero attached hydrogens (tertiary/aromatic N) is 3. The minimum atomic E-state index is -0.599. The average Bonchev–Trinajstić information content (AvgIpc) is 3.25. The van der Waals surface area contributed by atoms with Gasteiger partial charge in [0.1, 0.15) is 11.9 Å². The molecule has 4 heterocycles. The Hall–Kier alpha value is -3.99. The predicted octanol–water partition coefficient (Wildman–Crippen LogP) is 5.20. The van der Waals surface area contributed by atoms with Crippen molar-refractivity contribution in [2.24, 2.45) is 0 Å². The van der Waals surface area contributed by atoms with Crippen molar-refractivity contribution in [3.8, 4) is 0 Å². The van der Waals surface area contributed by atoms with Crippen molar-refractivity contribution in [2.75, 3.05) is 29.0 Å². The maximum Gasteiger partial charge on any atom is 0.245 e. The van der Waals surface area contributed by atoms with Crippen molar-refractivity contribution in [2.45, 2.75) is 69.9 Å². The SMILES string of the molecule is CC1(C)C(=O)Nc2cccc(CNc3nc(Nc4ccc(C5CCN(C(=O)C6CCCC(=O)N6)CC5)cc4)ncc3Br)c21. The number of anilines is 4. The van der Waals surface area contributed by atoms with Crippen LogP contribution < -0.4 is 21.3 Å². The van der Waals surface area contributed by atoms with Crippen LogP contribution in [0.1, 0.15) is 68.6 Å². The number of carbonyl (C=O) groups is 3. The fraction of sp³-hybridized carbons (Fsp3) is 0.406. The molecule has 2 fully saturated rings. The molecule has 10 nitrogen and oxygen atoms in total. The second-order valence-corrected chi connectivity index (χ2v) is 12.9. The number of halogens is 1. The number of aromatic nitrogens is 2. The van der Waals surface area contributed by atoms with E-state index in [1.54, 1.807) is 6.20 Å². The zero-order chi connectivity index (χ0) is 30.1. The Bertz CT molecular complexity index is 1550. The largest absolute Gasteiger partial charge is 0.365 e. The van der Waals surface area contributed by atoms with E-state index in [2.05, 4.69) is 59.3 Å². The molecule has 3 aliphatic rings. The third-order valence-corrected chi connectivity index (χ3v) is 9.34. The summed E-state index contributed by atoms with van der Waals surface area (Å²) in [7, 11) is 0. The van der Waals surface area contributed by atoms with E-state index in [0.29, 0.717) is 43.7 Å². The van der Waals surface area contributed by atoms with Gasteiger partial charge in [-0.05, 0) is 96.3 Å². The van der Waals surface area contributed by atoms with E-state index in [9.17, 15) is 14.4 Å². The molecule has 3 aliphatic heterocycles. The quantitative estimate of drug-likeness (QED) is 0.278. The smallest absolute Gasteiger partial charge is 0.245 e. The molecule has 1 unspecified atom stereocenters. The minimum Gasteiger partial charge on any atom is -0.365 e. The Kier molecular flexibility index (Phi) is 8.09. The second-order valence-electron chi connectivity index (χ2n) is 12.0. The fourth-order valence-corrected chi connectivity index (χ4v) is 6.66. The molecule has 3 amide bonds. The molecule has 4 N–H and O–H groups in total. The Labute approximate surface area is 259 Å². The van der Waals surface area contributed by atoms with Gasteiger partial charge in [-0.15, -0.1) is 0 Å². The van der Waals surface area contributed by atoms with Gasteiger partial charge in [0.05, 0.1) is 9.89 Å². The first-order chi connectivity index (χ1) is 20.7. The number of carbonyl (C=O) groups excluding carboxylic acids is 3. The van der Waals surface area contributed by atoms with Crippen molar-refractivity contribution in [3.63, 3.8) is 0 Å².